The van der Waals surface area contributed by atoms with Gasteiger partial charge in [-0.25, -0.2) is 9.78 Å². The third-order valence-electron chi connectivity index (χ3n) is 3.40. The second-order valence-corrected chi connectivity index (χ2v) is 5.92. The normalized spacial score (nSPS) is 12.4. The molecule has 2 aromatic carbocycles. The molecule has 0 aliphatic carbocycles. The van der Waals surface area contributed by atoms with Gasteiger partial charge in [-0.05, 0) is 38.8 Å². The summed E-state index contributed by atoms with van der Waals surface area (Å²) in [5.74, 6) is 0. The van der Waals surface area contributed by atoms with Gasteiger partial charge in [0, 0.05) is 0 Å². The maximum Gasteiger partial charge on any atom is 1.00 e. The summed E-state index contributed by atoms with van der Waals surface area (Å²) in [5, 5.41) is 0. The van der Waals surface area contributed by atoms with Crippen LogP contribution in [0.5, 0.6) is 0 Å². The number of benzene rings is 2. The van der Waals surface area contributed by atoms with Crippen LogP contribution in [-0.4, -0.2) is 0 Å². The van der Waals surface area contributed by atoms with Crippen LogP contribution in [0.15, 0.2) is 60.7 Å². The van der Waals surface area contributed by atoms with Gasteiger partial charge >= 0.3 is 1.43 Å². The Morgan fingerprint density at radius 2 is 0.900 bits per heavy atom. The molecular weight excluding hydrogens is 248 g/mol. The van der Waals surface area contributed by atoms with Gasteiger partial charge in [0.2, 0.25) is 0 Å². The van der Waals surface area contributed by atoms with Crippen molar-refractivity contribution in [3.8, 4) is 0 Å². The second kappa shape index (κ2) is 5.78. The molecule has 0 heterocycles. The van der Waals surface area contributed by atoms with E-state index in [1.807, 2.05) is 88.4 Å². The van der Waals surface area contributed by atoms with Crippen LogP contribution < -0.4 is 0 Å². The summed E-state index contributed by atoms with van der Waals surface area (Å²) in [6, 6.07) is 20.2. The van der Waals surface area contributed by atoms with Crippen molar-refractivity contribution in [1.82, 2.24) is 0 Å². The van der Waals surface area contributed by atoms with Crippen molar-refractivity contribution in [3.63, 3.8) is 0 Å². The first-order valence-corrected chi connectivity index (χ1v) is 6.90. The van der Waals surface area contributed by atoms with E-state index in [0.29, 0.717) is 0 Å². The summed E-state index contributed by atoms with van der Waals surface area (Å²) in [6.07, 6.45) is 0. The molecule has 0 saturated carbocycles. The molecule has 0 spiro atoms. The van der Waals surface area contributed by atoms with Gasteiger partial charge in [-0.2, -0.15) is 0 Å². The Bertz CT molecular complexity index is 484. The molecule has 0 amide bonds. The third kappa shape index (κ3) is 3.47. The van der Waals surface area contributed by atoms with Crippen molar-refractivity contribution in [2.75, 3.05) is 0 Å². The maximum atomic E-state index is 5.73. The summed E-state index contributed by atoms with van der Waals surface area (Å²) >= 11 is 0. The van der Waals surface area contributed by atoms with Crippen LogP contribution in [0.25, 0.3) is 0 Å². The van der Waals surface area contributed by atoms with E-state index in [1.165, 1.54) is 0 Å². The molecule has 0 radical (unpaired) electrons. The molecule has 0 aromatic heterocycles. The first-order chi connectivity index (χ1) is 9.42. The maximum absolute atomic E-state index is 5.73. The predicted octanol–water partition coefficient (Wildman–Crippen LogP) is 4.92. The number of hydrogen-bond donors (Lipinski definition) is 0. The van der Waals surface area contributed by atoms with Crippen molar-refractivity contribution in [2.45, 2.75) is 38.9 Å². The average Bonchev–Trinajstić information content (AvgIpc) is 2.47. The lowest BCUT2D eigenvalue weighted by atomic mass is 9.98. The van der Waals surface area contributed by atoms with Crippen molar-refractivity contribution in [2.24, 2.45) is 0 Å². The van der Waals surface area contributed by atoms with Crippen LogP contribution in [0, 0.1) is 0 Å². The first-order valence-electron chi connectivity index (χ1n) is 6.90. The summed E-state index contributed by atoms with van der Waals surface area (Å²) in [7, 11) is 0. The molecule has 0 N–H and O–H groups in total. The summed E-state index contributed by atoms with van der Waals surface area (Å²) in [4.78, 5) is 11.5. The molecule has 0 saturated heterocycles. The van der Waals surface area contributed by atoms with Gasteiger partial charge in [-0.15, -0.1) is 0 Å². The zero-order valence-corrected chi connectivity index (χ0v) is 12.6. The molecule has 2 aromatic rings. The van der Waals surface area contributed by atoms with Gasteiger partial charge in [0.1, 0.15) is 11.2 Å². The van der Waals surface area contributed by atoms with Gasteiger partial charge in [0.15, 0.2) is 0 Å². The molecular formula is C18H23O2+. The highest BCUT2D eigenvalue weighted by Crippen LogP contribution is 2.31. The number of hydrogen-bond acceptors (Lipinski definition) is 2. The fourth-order valence-corrected chi connectivity index (χ4v) is 1.98. The fraction of sp³-hybridized carbons (Fsp3) is 0.333. The lowest BCUT2D eigenvalue weighted by Gasteiger charge is -2.31. The van der Waals surface area contributed by atoms with Crippen LogP contribution in [0.2, 0.25) is 0 Å². The van der Waals surface area contributed by atoms with E-state index < -0.39 is 11.2 Å². The Hall–Kier alpha value is -1.64. The average molecular weight is 271 g/mol. The van der Waals surface area contributed by atoms with Crippen molar-refractivity contribution < 1.29 is 11.2 Å². The van der Waals surface area contributed by atoms with Gasteiger partial charge in [-0.3, -0.25) is 0 Å². The standard InChI is InChI=1S/C18H22O2/c1-17(2,15-11-7-5-8-12-15)19-20-18(3,4)16-13-9-6-10-14-16/h5-14H,1-4H3/p+1. The molecule has 0 aliphatic rings. The highest BCUT2D eigenvalue weighted by atomic mass is 17.2. The zero-order valence-electron chi connectivity index (χ0n) is 13.6. The molecule has 0 unspecified atom stereocenters. The molecule has 0 bridgehead atoms. The Kier molecular flexibility index (Phi) is 4.26. The summed E-state index contributed by atoms with van der Waals surface area (Å²) in [6.45, 7) is 8.01. The van der Waals surface area contributed by atoms with Crippen LogP contribution in [0.3, 0.4) is 0 Å². The van der Waals surface area contributed by atoms with Gasteiger partial charge in [0.05, 0.1) is 0 Å². The Labute approximate surface area is 122 Å². The lowest BCUT2D eigenvalue weighted by molar-refractivity contribution is -0.410. The van der Waals surface area contributed by atoms with E-state index in [0.717, 1.165) is 11.1 Å². The molecule has 0 fully saturated rings. The van der Waals surface area contributed by atoms with E-state index in [-0.39, 0.29) is 1.43 Å². The minimum atomic E-state index is -0.493. The molecule has 2 heteroatoms. The SMILES string of the molecule is CC(C)(OOC(C)(C)c1ccccc1)c1ccccc1.[H+]. The molecule has 20 heavy (non-hydrogen) atoms. The minimum absolute atomic E-state index is 0. The van der Waals surface area contributed by atoms with Crippen LogP contribution in [0.1, 0.15) is 40.2 Å². The molecule has 106 valence electrons. The van der Waals surface area contributed by atoms with Gasteiger partial charge in [-0.1, -0.05) is 60.7 Å². The Morgan fingerprint density at radius 1 is 0.600 bits per heavy atom. The topological polar surface area (TPSA) is 18.5 Å². The van der Waals surface area contributed by atoms with Crippen LogP contribution >= 0.6 is 0 Å². The van der Waals surface area contributed by atoms with E-state index >= 15 is 0 Å². The monoisotopic (exact) mass is 271 g/mol. The molecule has 0 aliphatic heterocycles. The van der Waals surface area contributed by atoms with Crippen LogP contribution in [0.4, 0.5) is 0 Å². The predicted molar refractivity (Wildman–Crippen MR) is 82.2 cm³/mol. The molecule has 0 atom stereocenters. The number of rotatable bonds is 5. The van der Waals surface area contributed by atoms with Crippen molar-refractivity contribution in [3.05, 3.63) is 71.8 Å². The fourth-order valence-electron chi connectivity index (χ4n) is 1.98. The van der Waals surface area contributed by atoms with E-state index in [1.54, 1.807) is 0 Å². The first kappa shape index (κ1) is 14.8. The Balaban J connectivity index is 0.00000220. The van der Waals surface area contributed by atoms with E-state index in [2.05, 4.69) is 0 Å². The van der Waals surface area contributed by atoms with Gasteiger partial charge < -0.3 is 0 Å². The van der Waals surface area contributed by atoms with E-state index in [4.69, 9.17) is 9.78 Å². The lowest BCUT2D eigenvalue weighted by Crippen LogP contribution is -2.29. The Morgan fingerprint density at radius 3 is 1.20 bits per heavy atom. The quantitative estimate of drug-likeness (QED) is 0.568. The largest absolute Gasteiger partial charge is 1.00 e. The smallest absolute Gasteiger partial charge is 0.225 e. The van der Waals surface area contributed by atoms with Gasteiger partial charge in [0.25, 0.3) is 0 Å². The van der Waals surface area contributed by atoms with Crippen molar-refractivity contribution >= 4 is 0 Å². The third-order valence-corrected chi connectivity index (χ3v) is 3.40. The van der Waals surface area contributed by atoms with E-state index in [9.17, 15) is 0 Å². The zero-order chi connectivity index (χ0) is 14.6. The second-order valence-electron chi connectivity index (χ2n) is 5.92. The molecule has 2 nitrogen and oxygen atoms in total. The molecule has 2 rings (SSSR count). The minimum Gasteiger partial charge on any atom is -0.225 e. The summed E-state index contributed by atoms with van der Waals surface area (Å²) < 4.78 is 0. The van der Waals surface area contributed by atoms with Crippen LogP contribution in [-0.2, 0) is 21.0 Å². The highest BCUT2D eigenvalue weighted by molar-refractivity contribution is 5.22. The highest BCUT2D eigenvalue weighted by Gasteiger charge is 2.29. The summed E-state index contributed by atoms with van der Waals surface area (Å²) in [5.41, 5.74) is 1.19. The van der Waals surface area contributed by atoms with Crippen molar-refractivity contribution in [1.29, 1.82) is 0 Å².